The Hall–Kier alpha value is -1.95. The lowest BCUT2D eigenvalue weighted by Crippen LogP contribution is -2.48. The number of fused-ring (bicyclic) bond motifs is 1. The van der Waals surface area contributed by atoms with Crippen LogP contribution < -0.4 is 11.1 Å². The number of aromatic nitrogens is 3. The number of carbonyl (C=O) groups excluding carboxylic acids is 1. The minimum Gasteiger partial charge on any atom is -0.318 e. The average Bonchev–Trinajstić information content (AvgIpc) is 2.78. The highest BCUT2D eigenvalue weighted by molar-refractivity contribution is 5.97. The maximum atomic E-state index is 12.1. The molecule has 0 aromatic carbocycles. The van der Waals surface area contributed by atoms with Crippen LogP contribution in [0.2, 0.25) is 0 Å². The highest BCUT2D eigenvalue weighted by Crippen LogP contribution is 2.14. The van der Waals surface area contributed by atoms with Crippen LogP contribution in [0.25, 0.3) is 5.65 Å². The lowest BCUT2D eigenvalue weighted by molar-refractivity contribution is -0.120. The van der Waals surface area contributed by atoms with Crippen molar-refractivity contribution in [2.24, 2.45) is 5.73 Å². The van der Waals surface area contributed by atoms with E-state index in [1.165, 1.54) is 0 Å². The van der Waals surface area contributed by atoms with Crippen molar-refractivity contribution in [3.05, 3.63) is 24.5 Å². The minimum absolute atomic E-state index is 0.215. The number of hydrogen-bond donors (Lipinski definition) is 2. The summed E-state index contributed by atoms with van der Waals surface area (Å²) < 4.78 is 1.57. The van der Waals surface area contributed by atoms with Gasteiger partial charge in [0.15, 0.2) is 5.65 Å². The van der Waals surface area contributed by atoms with Gasteiger partial charge in [0.2, 0.25) is 5.91 Å². The molecule has 0 radical (unpaired) electrons. The summed E-state index contributed by atoms with van der Waals surface area (Å²) >= 11 is 0. The molecule has 0 fully saturated rings. The average molecular weight is 247 g/mol. The Labute approximate surface area is 105 Å². The number of nitrogens with zero attached hydrogens (tertiary/aromatic N) is 3. The zero-order valence-corrected chi connectivity index (χ0v) is 10.6. The molecule has 1 amide bonds. The number of amides is 1. The molecule has 18 heavy (non-hydrogen) atoms. The van der Waals surface area contributed by atoms with E-state index in [0.717, 1.165) is 6.42 Å². The third kappa shape index (κ3) is 2.33. The van der Waals surface area contributed by atoms with Crippen molar-refractivity contribution in [1.29, 1.82) is 0 Å². The zero-order chi connectivity index (χ0) is 13.2. The van der Waals surface area contributed by atoms with Crippen LogP contribution in [-0.2, 0) is 4.79 Å². The van der Waals surface area contributed by atoms with Gasteiger partial charge in [-0.05, 0) is 19.4 Å². The van der Waals surface area contributed by atoms with Gasteiger partial charge in [0.05, 0.1) is 11.7 Å². The zero-order valence-electron chi connectivity index (χ0n) is 10.6. The van der Waals surface area contributed by atoms with Crippen LogP contribution in [0.4, 0.5) is 5.82 Å². The smallest absolute Gasteiger partial charge is 0.245 e. The molecule has 6 nitrogen and oxygen atoms in total. The Balaban J connectivity index is 2.24. The molecule has 0 saturated heterocycles. The summed E-state index contributed by atoms with van der Waals surface area (Å²) in [5, 5.41) is 6.89. The van der Waals surface area contributed by atoms with E-state index in [2.05, 4.69) is 15.4 Å². The quantitative estimate of drug-likeness (QED) is 0.849. The normalized spacial score (nSPS) is 14.4. The van der Waals surface area contributed by atoms with E-state index >= 15 is 0 Å². The van der Waals surface area contributed by atoms with E-state index < -0.39 is 5.54 Å². The lowest BCUT2D eigenvalue weighted by Gasteiger charge is -2.22. The molecule has 2 heterocycles. The molecule has 3 N–H and O–H groups in total. The first-order valence-corrected chi connectivity index (χ1v) is 5.93. The number of nitrogens with one attached hydrogen (secondary N) is 1. The fourth-order valence-electron chi connectivity index (χ4n) is 1.82. The number of carbonyl (C=O) groups is 1. The molecular weight excluding hydrogens is 230 g/mol. The van der Waals surface area contributed by atoms with Crippen LogP contribution >= 0.6 is 0 Å². The van der Waals surface area contributed by atoms with Crippen LogP contribution in [0, 0.1) is 0 Å². The van der Waals surface area contributed by atoms with Gasteiger partial charge in [-0.2, -0.15) is 9.61 Å². The van der Waals surface area contributed by atoms with Gasteiger partial charge in [-0.25, -0.2) is 4.98 Å². The van der Waals surface area contributed by atoms with Crippen molar-refractivity contribution < 1.29 is 4.79 Å². The summed E-state index contributed by atoms with van der Waals surface area (Å²) in [5.74, 6) is 0.357. The highest BCUT2D eigenvalue weighted by Gasteiger charge is 2.27. The second-order valence-electron chi connectivity index (χ2n) is 4.55. The fraction of sp³-hybridized carbons (Fsp3) is 0.417. The van der Waals surface area contributed by atoms with Crippen molar-refractivity contribution in [1.82, 2.24) is 14.6 Å². The summed E-state index contributed by atoms with van der Waals surface area (Å²) in [6.07, 6.45) is 4.74. The van der Waals surface area contributed by atoms with Crippen molar-refractivity contribution in [2.75, 3.05) is 5.32 Å². The summed E-state index contributed by atoms with van der Waals surface area (Å²) in [6.45, 7) is 3.73. The number of rotatable bonds is 4. The van der Waals surface area contributed by atoms with Crippen molar-refractivity contribution >= 4 is 17.4 Å². The van der Waals surface area contributed by atoms with E-state index in [4.69, 9.17) is 5.73 Å². The Kier molecular flexibility index (Phi) is 3.29. The number of hydrogen-bond acceptors (Lipinski definition) is 4. The fourth-order valence-corrected chi connectivity index (χ4v) is 1.82. The van der Waals surface area contributed by atoms with E-state index in [1.807, 2.05) is 6.92 Å². The monoisotopic (exact) mass is 247 g/mol. The Morgan fingerprint density at radius 2 is 2.28 bits per heavy atom. The van der Waals surface area contributed by atoms with Crippen LogP contribution in [0.1, 0.15) is 26.7 Å². The standard InChI is InChI=1S/C12H17N5O/c1-3-6-12(2,13)11(18)16-10-4-7-14-9-5-8-15-17(9)10/h4-5,7-8H,3,6,13H2,1-2H3,(H,16,18). The van der Waals surface area contributed by atoms with Gasteiger partial charge in [0, 0.05) is 12.3 Å². The second kappa shape index (κ2) is 4.73. The first kappa shape index (κ1) is 12.5. The maximum Gasteiger partial charge on any atom is 0.245 e. The molecule has 1 atom stereocenters. The Morgan fingerprint density at radius 1 is 1.50 bits per heavy atom. The van der Waals surface area contributed by atoms with Crippen LogP contribution in [0.3, 0.4) is 0 Å². The first-order valence-electron chi connectivity index (χ1n) is 5.93. The minimum atomic E-state index is -0.877. The molecule has 96 valence electrons. The van der Waals surface area contributed by atoms with Gasteiger partial charge in [-0.3, -0.25) is 4.79 Å². The van der Waals surface area contributed by atoms with Crippen molar-refractivity contribution in [3.63, 3.8) is 0 Å². The van der Waals surface area contributed by atoms with Crippen LogP contribution in [0.5, 0.6) is 0 Å². The molecule has 2 aromatic rings. The topological polar surface area (TPSA) is 85.3 Å². The summed E-state index contributed by atoms with van der Waals surface area (Å²) in [4.78, 5) is 16.2. The molecule has 0 aliphatic heterocycles. The SMILES string of the molecule is CCCC(C)(N)C(=O)Nc1ccnc2ccnn12. The molecular formula is C12H17N5O. The lowest BCUT2D eigenvalue weighted by atomic mass is 9.97. The molecule has 0 saturated carbocycles. The third-order valence-corrected chi connectivity index (χ3v) is 2.82. The predicted molar refractivity (Wildman–Crippen MR) is 69.1 cm³/mol. The largest absolute Gasteiger partial charge is 0.318 e. The second-order valence-corrected chi connectivity index (χ2v) is 4.55. The molecule has 2 rings (SSSR count). The molecule has 0 spiro atoms. The highest BCUT2D eigenvalue weighted by atomic mass is 16.2. The molecule has 1 unspecified atom stereocenters. The van der Waals surface area contributed by atoms with Gasteiger partial charge >= 0.3 is 0 Å². The van der Waals surface area contributed by atoms with Crippen LogP contribution in [-0.4, -0.2) is 26.0 Å². The summed E-state index contributed by atoms with van der Waals surface area (Å²) in [6, 6.07) is 3.46. The van der Waals surface area contributed by atoms with E-state index in [1.54, 1.807) is 36.0 Å². The van der Waals surface area contributed by atoms with Gasteiger partial charge in [0.1, 0.15) is 5.82 Å². The summed E-state index contributed by atoms with van der Waals surface area (Å²) in [7, 11) is 0. The van der Waals surface area contributed by atoms with Crippen molar-refractivity contribution in [3.8, 4) is 0 Å². The number of nitrogens with two attached hydrogens (primary N) is 1. The van der Waals surface area contributed by atoms with Gasteiger partial charge < -0.3 is 11.1 Å². The first-order chi connectivity index (χ1) is 8.54. The Bertz CT molecular complexity index is 560. The van der Waals surface area contributed by atoms with Gasteiger partial charge in [0.25, 0.3) is 0 Å². The van der Waals surface area contributed by atoms with E-state index in [0.29, 0.717) is 17.9 Å². The molecule has 0 aliphatic rings. The van der Waals surface area contributed by atoms with E-state index in [-0.39, 0.29) is 5.91 Å². The maximum absolute atomic E-state index is 12.1. The van der Waals surface area contributed by atoms with Gasteiger partial charge in [-0.15, -0.1) is 0 Å². The Morgan fingerprint density at radius 3 is 3.00 bits per heavy atom. The third-order valence-electron chi connectivity index (χ3n) is 2.82. The van der Waals surface area contributed by atoms with E-state index in [9.17, 15) is 4.79 Å². The molecule has 0 aliphatic carbocycles. The van der Waals surface area contributed by atoms with Crippen LogP contribution in [0.15, 0.2) is 24.5 Å². The number of anilines is 1. The predicted octanol–water partition coefficient (Wildman–Crippen LogP) is 1.19. The summed E-state index contributed by atoms with van der Waals surface area (Å²) in [5.41, 5.74) is 5.79. The molecule has 6 heteroatoms. The van der Waals surface area contributed by atoms with Crippen molar-refractivity contribution in [2.45, 2.75) is 32.2 Å². The molecule has 0 bridgehead atoms. The molecule has 2 aromatic heterocycles. The van der Waals surface area contributed by atoms with Gasteiger partial charge in [-0.1, -0.05) is 13.3 Å².